The van der Waals surface area contributed by atoms with Gasteiger partial charge in [0, 0.05) is 18.8 Å². The highest BCUT2D eigenvalue weighted by Crippen LogP contribution is 2.22. The standard InChI is InChI=1S/C20H21FN2O5S/c1-23(16-10-11-29(26,27)13-16)19(24)12-28-20(25)17-4-2-3-5-18(17)22-15-8-6-14(21)7-9-15/h2-9,16,22H,10-13H2,1H3/t16-/m1/s1. The Morgan fingerprint density at radius 1 is 1.17 bits per heavy atom. The predicted octanol–water partition coefficient (Wildman–Crippen LogP) is 2.37. The lowest BCUT2D eigenvalue weighted by molar-refractivity contribution is -0.134. The molecule has 0 spiro atoms. The van der Waals surface area contributed by atoms with E-state index >= 15 is 0 Å². The summed E-state index contributed by atoms with van der Waals surface area (Å²) in [5.74, 6) is -1.56. The van der Waals surface area contributed by atoms with Gasteiger partial charge in [-0.15, -0.1) is 0 Å². The smallest absolute Gasteiger partial charge is 0.340 e. The summed E-state index contributed by atoms with van der Waals surface area (Å²) in [6.45, 7) is -0.489. The predicted molar refractivity (Wildman–Crippen MR) is 106 cm³/mol. The van der Waals surface area contributed by atoms with Crippen LogP contribution in [0.15, 0.2) is 48.5 Å². The van der Waals surface area contributed by atoms with Gasteiger partial charge in [0.2, 0.25) is 0 Å². The van der Waals surface area contributed by atoms with Crippen LogP contribution in [0.5, 0.6) is 0 Å². The second kappa shape index (κ2) is 8.60. The number of anilines is 2. The maximum atomic E-state index is 13.1. The molecule has 2 aromatic carbocycles. The number of nitrogens with one attached hydrogen (secondary N) is 1. The first-order valence-electron chi connectivity index (χ1n) is 9.00. The Morgan fingerprint density at radius 3 is 2.52 bits per heavy atom. The average Bonchev–Trinajstić information content (AvgIpc) is 3.07. The van der Waals surface area contributed by atoms with Crippen LogP contribution in [0.1, 0.15) is 16.8 Å². The van der Waals surface area contributed by atoms with Gasteiger partial charge in [-0.05, 0) is 42.8 Å². The molecule has 29 heavy (non-hydrogen) atoms. The lowest BCUT2D eigenvalue weighted by atomic mass is 10.1. The van der Waals surface area contributed by atoms with E-state index in [9.17, 15) is 22.4 Å². The van der Waals surface area contributed by atoms with Crippen LogP contribution in [-0.4, -0.2) is 56.4 Å². The van der Waals surface area contributed by atoms with E-state index < -0.39 is 34.4 Å². The molecule has 0 aromatic heterocycles. The summed E-state index contributed by atoms with van der Waals surface area (Å²) >= 11 is 0. The Bertz CT molecular complexity index is 1010. The highest BCUT2D eigenvalue weighted by atomic mass is 32.2. The monoisotopic (exact) mass is 420 g/mol. The molecule has 1 aliphatic rings. The number of nitrogens with zero attached hydrogens (tertiary/aromatic N) is 1. The fraction of sp³-hybridized carbons (Fsp3) is 0.300. The number of esters is 1. The van der Waals surface area contributed by atoms with Crippen molar-refractivity contribution in [1.29, 1.82) is 0 Å². The van der Waals surface area contributed by atoms with E-state index in [1.807, 2.05) is 0 Å². The minimum atomic E-state index is -3.12. The van der Waals surface area contributed by atoms with Crippen molar-refractivity contribution in [3.05, 3.63) is 59.9 Å². The molecular weight excluding hydrogens is 399 g/mol. The van der Waals surface area contributed by atoms with Gasteiger partial charge in [-0.3, -0.25) is 4.79 Å². The quantitative estimate of drug-likeness (QED) is 0.722. The molecule has 9 heteroatoms. The van der Waals surface area contributed by atoms with Crippen LogP contribution in [0.4, 0.5) is 15.8 Å². The number of carbonyl (C=O) groups excluding carboxylic acids is 2. The van der Waals surface area contributed by atoms with Crippen LogP contribution in [0, 0.1) is 5.82 Å². The minimum Gasteiger partial charge on any atom is -0.452 e. The van der Waals surface area contributed by atoms with Crippen molar-refractivity contribution in [3.8, 4) is 0 Å². The second-order valence-corrected chi connectivity index (χ2v) is 9.04. The summed E-state index contributed by atoms with van der Waals surface area (Å²) in [6.07, 6.45) is 0.378. The van der Waals surface area contributed by atoms with E-state index in [2.05, 4.69) is 5.32 Å². The normalized spacial score (nSPS) is 17.5. The van der Waals surface area contributed by atoms with Crippen molar-refractivity contribution in [1.82, 2.24) is 4.90 Å². The van der Waals surface area contributed by atoms with Gasteiger partial charge in [0.15, 0.2) is 16.4 Å². The first-order valence-corrected chi connectivity index (χ1v) is 10.8. The van der Waals surface area contributed by atoms with Crippen molar-refractivity contribution >= 4 is 33.1 Å². The van der Waals surface area contributed by atoms with Gasteiger partial charge in [0.1, 0.15) is 5.82 Å². The molecule has 3 rings (SSSR count). The van der Waals surface area contributed by atoms with Gasteiger partial charge in [0.25, 0.3) is 5.91 Å². The van der Waals surface area contributed by atoms with Gasteiger partial charge < -0.3 is 15.0 Å². The maximum absolute atomic E-state index is 13.1. The third-order valence-electron chi connectivity index (χ3n) is 4.75. The Hall–Kier alpha value is -2.94. The number of ether oxygens (including phenoxy) is 1. The SMILES string of the molecule is CN(C(=O)COC(=O)c1ccccc1Nc1ccc(F)cc1)[C@@H]1CCS(=O)(=O)C1. The third kappa shape index (κ3) is 5.32. The fourth-order valence-electron chi connectivity index (χ4n) is 3.05. The van der Waals surface area contributed by atoms with Gasteiger partial charge in [-0.2, -0.15) is 0 Å². The van der Waals surface area contributed by atoms with E-state index in [-0.39, 0.29) is 22.9 Å². The molecule has 1 atom stereocenters. The molecule has 0 aliphatic carbocycles. The van der Waals surface area contributed by atoms with E-state index in [1.165, 1.54) is 36.2 Å². The van der Waals surface area contributed by atoms with E-state index in [1.54, 1.807) is 24.3 Å². The van der Waals surface area contributed by atoms with E-state index in [4.69, 9.17) is 4.74 Å². The van der Waals surface area contributed by atoms with Crippen LogP contribution >= 0.6 is 0 Å². The van der Waals surface area contributed by atoms with E-state index in [0.717, 1.165) is 0 Å². The molecule has 1 saturated heterocycles. The molecule has 1 aliphatic heterocycles. The third-order valence-corrected chi connectivity index (χ3v) is 6.50. The summed E-state index contributed by atoms with van der Waals surface area (Å²) in [5, 5.41) is 3.02. The number of carbonyl (C=O) groups is 2. The highest BCUT2D eigenvalue weighted by Gasteiger charge is 2.33. The molecule has 7 nitrogen and oxygen atoms in total. The lowest BCUT2D eigenvalue weighted by Gasteiger charge is -2.23. The number of sulfone groups is 1. The van der Waals surface area contributed by atoms with Crippen molar-refractivity contribution in [2.24, 2.45) is 0 Å². The van der Waals surface area contributed by atoms with Crippen LogP contribution in [0.2, 0.25) is 0 Å². The Kier molecular flexibility index (Phi) is 6.17. The van der Waals surface area contributed by atoms with Crippen LogP contribution in [0.25, 0.3) is 0 Å². The molecule has 1 amide bonds. The molecular formula is C20H21FN2O5S. The van der Waals surface area contributed by atoms with Crippen molar-refractivity contribution in [2.45, 2.75) is 12.5 Å². The maximum Gasteiger partial charge on any atom is 0.340 e. The van der Waals surface area contributed by atoms with Gasteiger partial charge in [-0.1, -0.05) is 12.1 Å². The highest BCUT2D eigenvalue weighted by molar-refractivity contribution is 7.91. The van der Waals surface area contributed by atoms with Crippen LogP contribution in [0.3, 0.4) is 0 Å². The number of hydrogen-bond donors (Lipinski definition) is 1. The summed E-state index contributed by atoms with van der Waals surface area (Å²) in [5.41, 5.74) is 1.26. The van der Waals surface area contributed by atoms with Crippen molar-refractivity contribution < 1.29 is 27.1 Å². The molecule has 1 N–H and O–H groups in total. The molecule has 1 heterocycles. The van der Waals surface area contributed by atoms with Crippen molar-refractivity contribution in [3.63, 3.8) is 0 Å². The molecule has 0 unspecified atom stereocenters. The Balaban J connectivity index is 1.62. The van der Waals surface area contributed by atoms with Gasteiger partial charge in [0.05, 0.1) is 22.8 Å². The molecule has 0 radical (unpaired) electrons. The minimum absolute atomic E-state index is 0.0531. The number of hydrogen-bond acceptors (Lipinski definition) is 6. The zero-order valence-electron chi connectivity index (χ0n) is 15.8. The summed E-state index contributed by atoms with van der Waals surface area (Å²) in [4.78, 5) is 26.1. The summed E-state index contributed by atoms with van der Waals surface area (Å²) in [6, 6.07) is 11.8. The molecule has 0 bridgehead atoms. The number of rotatable bonds is 6. The number of amides is 1. The zero-order valence-corrected chi connectivity index (χ0v) is 16.6. The summed E-state index contributed by atoms with van der Waals surface area (Å²) in [7, 11) is -1.61. The molecule has 1 fully saturated rings. The molecule has 0 saturated carbocycles. The number of likely N-dealkylation sites (N-methyl/N-ethyl adjacent to an activating group) is 1. The number of benzene rings is 2. The average molecular weight is 420 g/mol. The number of halogens is 1. The largest absolute Gasteiger partial charge is 0.452 e. The Labute approximate surface area is 168 Å². The number of para-hydroxylation sites is 1. The van der Waals surface area contributed by atoms with Gasteiger partial charge >= 0.3 is 5.97 Å². The molecule has 2 aromatic rings. The van der Waals surface area contributed by atoms with E-state index in [0.29, 0.717) is 17.8 Å². The van der Waals surface area contributed by atoms with Crippen molar-refractivity contribution in [2.75, 3.05) is 30.5 Å². The fourth-order valence-corrected chi connectivity index (χ4v) is 4.82. The zero-order chi connectivity index (χ0) is 21.0. The topological polar surface area (TPSA) is 92.8 Å². The lowest BCUT2D eigenvalue weighted by Crippen LogP contribution is -2.40. The van der Waals surface area contributed by atoms with Crippen LogP contribution in [-0.2, 0) is 19.4 Å². The first-order chi connectivity index (χ1) is 13.7. The van der Waals surface area contributed by atoms with Gasteiger partial charge in [-0.25, -0.2) is 17.6 Å². The Morgan fingerprint density at radius 2 is 1.86 bits per heavy atom. The summed E-state index contributed by atoms with van der Waals surface area (Å²) < 4.78 is 41.3. The first kappa shape index (κ1) is 20.8. The second-order valence-electron chi connectivity index (χ2n) is 6.82. The van der Waals surface area contributed by atoms with Crippen LogP contribution < -0.4 is 5.32 Å². The molecule has 154 valence electrons.